The van der Waals surface area contributed by atoms with E-state index in [9.17, 15) is 13.2 Å². The van der Waals surface area contributed by atoms with E-state index in [0.29, 0.717) is 29.5 Å². The molecule has 1 aromatic heterocycles. The molecule has 2 aromatic rings. The van der Waals surface area contributed by atoms with E-state index in [0.717, 1.165) is 12.2 Å². The van der Waals surface area contributed by atoms with Crippen LogP contribution in [0.1, 0.15) is 40.4 Å². The number of nitrogens with zero attached hydrogens (tertiary/aromatic N) is 3. The minimum absolute atomic E-state index is 0.0558. The summed E-state index contributed by atoms with van der Waals surface area (Å²) in [4.78, 5) is 23.5. The van der Waals surface area contributed by atoms with E-state index < -0.39 is 15.1 Å². The topological polar surface area (TPSA) is 92.3 Å². The smallest absolute Gasteiger partial charge is 0.253 e. The maximum absolute atomic E-state index is 12.9. The summed E-state index contributed by atoms with van der Waals surface area (Å²) < 4.78 is 25.7. The predicted octanol–water partition coefficient (Wildman–Crippen LogP) is 1.84. The predicted molar refractivity (Wildman–Crippen MR) is 105 cm³/mol. The van der Waals surface area contributed by atoms with Crippen molar-refractivity contribution in [1.29, 1.82) is 0 Å². The number of likely N-dealkylation sites (tertiary alicyclic amines) is 1. The molecule has 8 heteroatoms. The van der Waals surface area contributed by atoms with Gasteiger partial charge in [-0.15, -0.1) is 0 Å². The van der Waals surface area contributed by atoms with Crippen molar-refractivity contribution >= 4 is 21.7 Å². The van der Waals surface area contributed by atoms with Gasteiger partial charge in [0.2, 0.25) is 5.95 Å². The van der Waals surface area contributed by atoms with Crippen LogP contribution in [0.25, 0.3) is 0 Å². The van der Waals surface area contributed by atoms with Crippen LogP contribution < -0.4 is 5.32 Å². The van der Waals surface area contributed by atoms with Gasteiger partial charge >= 0.3 is 0 Å². The van der Waals surface area contributed by atoms with Crippen LogP contribution in [-0.4, -0.2) is 54.1 Å². The first kappa shape index (κ1) is 17.6. The van der Waals surface area contributed by atoms with Crippen LogP contribution in [-0.2, 0) is 15.6 Å². The zero-order chi connectivity index (χ0) is 19.3. The largest absolute Gasteiger partial charge is 0.354 e. The summed E-state index contributed by atoms with van der Waals surface area (Å²) in [6.07, 6.45) is 4.10. The van der Waals surface area contributed by atoms with Crippen LogP contribution in [0.5, 0.6) is 0 Å². The Hall–Kier alpha value is -2.48. The third-order valence-corrected chi connectivity index (χ3v) is 8.00. The molecule has 3 aliphatic rings. The van der Waals surface area contributed by atoms with Gasteiger partial charge in [-0.1, -0.05) is 18.2 Å². The lowest BCUT2D eigenvalue weighted by Crippen LogP contribution is -2.35. The standard InChI is InChI=1S/C20H22N4O3S/c25-19(14-4-2-1-3-5-14)24-10-16-17(11-24)28(26,27)12-15-9-22-20(23-18(15)16)21-8-13-6-7-13/h1-5,9,13,16-17H,6-8,10-12H2,(H,21,22,23)/t16-,17-/m0/s1. The Balaban J connectivity index is 1.44. The van der Waals surface area contributed by atoms with Gasteiger partial charge in [0.15, 0.2) is 9.84 Å². The summed E-state index contributed by atoms with van der Waals surface area (Å²) >= 11 is 0. The Labute approximate surface area is 164 Å². The highest BCUT2D eigenvalue weighted by atomic mass is 32.2. The van der Waals surface area contributed by atoms with Crippen LogP contribution >= 0.6 is 0 Å². The van der Waals surface area contributed by atoms with E-state index in [4.69, 9.17) is 0 Å². The van der Waals surface area contributed by atoms with Crippen LogP contribution in [0.15, 0.2) is 36.5 Å². The van der Waals surface area contributed by atoms with Gasteiger partial charge in [-0.05, 0) is 30.9 Å². The number of hydrogen-bond donors (Lipinski definition) is 1. The number of sulfone groups is 1. The van der Waals surface area contributed by atoms with Gasteiger partial charge in [0, 0.05) is 42.9 Å². The Morgan fingerprint density at radius 2 is 1.96 bits per heavy atom. The fourth-order valence-electron chi connectivity index (χ4n) is 4.15. The molecule has 0 spiro atoms. The molecular formula is C20H22N4O3S. The molecule has 1 aromatic carbocycles. The molecule has 0 radical (unpaired) electrons. The van der Waals surface area contributed by atoms with Crippen molar-refractivity contribution in [1.82, 2.24) is 14.9 Å². The molecule has 1 aliphatic carbocycles. The molecule has 5 rings (SSSR count). The molecule has 1 saturated heterocycles. The Bertz CT molecular complexity index is 1020. The molecule has 0 unspecified atom stereocenters. The minimum atomic E-state index is -3.35. The van der Waals surface area contributed by atoms with Crippen molar-refractivity contribution < 1.29 is 13.2 Å². The lowest BCUT2D eigenvalue weighted by Gasteiger charge is -2.26. The lowest BCUT2D eigenvalue weighted by molar-refractivity contribution is 0.0791. The molecule has 2 aliphatic heterocycles. The van der Waals surface area contributed by atoms with Gasteiger partial charge in [-0.25, -0.2) is 18.4 Å². The van der Waals surface area contributed by atoms with Gasteiger partial charge in [0.1, 0.15) is 0 Å². The van der Waals surface area contributed by atoms with Crippen molar-refractivity contribution in [3.8, 4) is 0 Å². The van der Waals surface area contributed by atoms with Crippen LogP contribution in [0.3, 0.4) is 0 Å². The average molecular weight is 398 g/mol. The SMILES string of the molecule is O=C(c1ccccc1)N1C[C@@H]2c3nc(NCC4CC4)ncc3CS(=O)(=O)[C@H]2C1. The molecule has 146 valence electrons. The summed E-state index contributed by atoms with van der Waals surface area (Å²) in [6.45, 7) is 1.43. The number of anilines is 1. The number of hydrogen-bond acceptors (Lipinski definition) is 6. The molecular weight excluding hydrogens is 376 g/mol. The van der Waals surface area contributed by atoms with E-state index in [1.165, 1.54) is 12.8 Å². The molecule has 1 saturated carbocycles. The van der Waals surface area contributed by atoms with E-state index in [-0.39, 0.29) is 24.1 Å². The van der Waals surface area contributed by atoms with Crippen molar-refractivity contribution in [2.45, 2.75) is 29.8 Å². The number of carbonyl (C=O) groups excluding carboxylic acids is 1. The fourth-order valence-corrected chi connectivity index (χ4v) is 6.14. The number of amides is 1. The molecule has 3 heterocycles. The van der Waals surface area contributed by atoms with E-state index in [1.54, 1.807) is 23.2 Å². The number of benzene rings is 1. The van der Waals surface area contributed by atoms with Crippen molar-refractivity contribution in [3.63, 3.8) is 0 Å². The first-order chi connectivity index (χ1) is 13.5. The second-order valence-electron chi connectivity index (χ2n) is 7.96. The van der Waals surface area contributed by atoms with Crippen LogP contribution in [0, 0.1) is 5.92 Å². The quantitative estimate of drug-likeness (QED) is 0.845. The molecule has 1 amide bonds. The summed E-state index contributed by atoms with van der Waals surface area (Å²) in [5, 5.41) is 2.67. The van der Waals surface area contributed by atoms with E-state index in [2.05, 4.69) is 15.3 Å². The zero-order valence-corrected chi connectivity index (χ0v) is 16.2. The fraction of sp³-hybridized carbons (Fsp3) is 0.450. The first-order valence-electron chi connectivity index (χ1n) is 9.67. The zero-order valence-electron chi connectivity index (χ0n) is 15.4. The second-order valence-corrected chi connectivity index (χ2v) is 10.2. The highest BCUT2D eigenvalue weighted by Gasteiger charge is 2.48. The maximum Gasteiger partial charge on any atom is 0.253 e. The molecule has 7 nitrogen and oxygen atoms in total. The van der Waals surface area contributed by atoms with Gasteiger partial charge in [0.05, 0.1) is 16.7 Å². The Kier molecular flexibility index (Phi) is 4.12. The molecule has 0 bridgehead atoms. The number of rotatable bonds is 4. The normalized spacial score (nSPS) is 25.1. The van der Waals surface area contributed by atoms with E-state index in [1.807, 2.05) is 18.2 Å². The van der Waals surface area contributed by atoms with Crippen molar-refractivity contribution in [3.05, 3.63) is 53.3 Å². The first-order valence-corrected chi connectivity index (χ1v) is 11.4. The molecule has 2 fully saturated rings. The van der Waals surface area contributed by atoms with Crippen molar-refractivity contribution in [2.75, 3.05) is 25.0 Å². The molecule has 28 heavy (non-hydrogen) atoms. The Morgan fingerprint density at radius 1 is 1.18 bits per heavy atom. The monoisotopic (exact) mass is 398 g/mol. The average Bonchev–Trinajstić information content (AvgIpc) is 3.41. The van der Waals surface area contributed by atoms with Gasteiger partial charge in [-0.3, -0.25) is 4.79 Å². The highest BCUT2D eigenvalue weighted by molar-refractivity contribution is 7.91. The number of aromatic nitrogens is 2. The minimum Gasteiger partial charge on any atom is -0.354 e. The van der Waals surface area contributed by atoms with Crippen LogP contribution in [0.4, 0.5) is 5.95 Å². The summed E-state index contributed by atoms with van der Waals surface area (Å²) in [5.74, 6) is 0.758. The van der Waals surface area contributed by atoms with Crippen molar-refractivity contribution in [2.24, 2.45) is 5.92 Å². The number of carbonyl (C=O) groups is 1. The highest BCUT2D eigenvalue weighted by Crippen LogP contribution is 2.40. The third-order valence-electron chi connectivity index (χ3n) is 5.89. The third kappa shape index (κ3) is 3.15. The van der Waals surface area contributed by atoms with Crippen LogP contribution in [0.2, 0.25) is 0 Å². The summed E-state index contributed by atoms with van der Waals surface area (Å²) in [7, 11) is -3.35. The molecule has 2 atom stereocenters. The lowest BCUT2D eigenvalue weighted by atomic mass is 10.00. The number of nitrogens with one attached hydrogen (secondary N) is 1. The Morgan fingerprint density at radius 3 is 2.71 bits per heavy atom. The van der Waals surface area contributed by atoms with E-state index >= 15 is 0 Å². The summed E-state index contributed by atoms with van der Waals surface area (Å²) in [5.41, 5.74) is 2.01. The second kappa shape index (κ2) is 6.55. The van der Waals surface area contributed by atoms with Gasteiger partial charge in [-0.2, -0.15) is 0 Å². The van der Waals surface area contributed by atoms with Gasteiger partial charge < -0.3 is 10.2 Å². The molecule has 1 N–H and O–H groups in total. The number of fused-ring (bicyclic) bond motifs is 3. The summed E-state index contributed by atoms with van der Waals surface area (Å²) in [6, 6.07) is 9.00. The van der Waals surface area contributed by atoms with Gasteiger partial charge in [0.25, 0.3) is 5.91 Å². The maximum atomic E-state index is 12.9.